The number of aromatic nitrogens is 2. The number of rotatable bonds is 3. The number of carbonyl (C=O) groups is 2. The summed E-state index contributed by atoms with van der Waals surface area (Å²) in [5.74, 6) is -2.22. The van der Waals surface area contributed by atoms with Gasteiger partial charge in [0, 0.05) is 30.4 Å². The molecule has 156 valence electrons. The third kappa shape index (κ3) is 6.79. The number of nitrogen functional groups attached to an aromatic ring is 1. The van der Waals surface area contributed by atoms with Gasteiger partial charge < -0.3 is 21.1 Å². The van der Waals surface area contributed by atoms with Crippen molar-refractivity contribution in [3.8, 4) is 0 Å². The van der Waals surface area contributed by atoms with Gasteiger partial charge in [0.15, 0.2) is 0 Å². The Hall–Kier alpha value is -3.08. The van der Waals surface area contributed by atoms with Crippen LogP contribution in [0.25, 0.3) is 0 Å². The van der Waals surface area contributed by atoms with E-state index >= 15 is 0 Å². The number of likely N-dealkylation sites (tertiary alicyclic amines) is 1. The summed E-state index contributed by atoms with van der Waals surface area (Å²) in [7, 11) is 0. The van der Waals surface area contributed by atoms with E-state index in [-0.39, 0.29) is 11.9 Å². The smallest absolute Gasteiger partial charge is 0.475 e. The van der Waals surface area contributed by atoms with Crippen molar-refractivity contribution in [3.05, 3.63) is 47.2 Å². The van der Waals surface area contributed by atoms with Crippen molar-refractivity contribution >= 4 is 35.1 Å². The van der Waals surface area contributed by atoms with Gasteiger partial charge in [0.2, 0.25) is 5.95 Å². The van der Waals surface area contributed by atoms with Crippen LogP contribution in [0.1, 0.15) is 16.8 Å². The molecule has 0 spiro atoms. The van der Waals surface area contributed by atoms with E-state index in [1.807, 2.05) is 4.90 Å². The third-order valence-electron chi connectivity index (χ3n) is 3.83. The standard InChI is InChI=1S/C15H16ClN5O.C2HF3O2/c16-11-7-18-15(19-8-11)20-13-5-6-21(9-13)14(22)10-1-3-12(17)4-2-10;3-2(4,5)1(6)7/h1-4,7-8,13H,5-6,9,17H2,(H,18,19,20);(H,6,7)/t13-;/m1./s1. The number of amides is 1. The van der Waals surface area contributed by atoms with Crippen LogP contribution >= 0.6 is 11.6 Å². The highest BCUT2D eigenvalue weighted by Gasteiger charge is 2.38. The lowest BCUT2D eigenvalue weighted by Gasteiger charge is -2.17. The Morgan fingerprint density at radius 3 is 2.28 bits per heavy atom. The van der Waals surface area contributed by atoms with Gasteiger partial charge in [-0.1, -0.05) is 11.6 Å². The van der Waals surface area contributed by atoms with Crippen LogP contribution in [0.2, 0.25) is 5.02 Å². The van der Waals surface area contributed by atoms with Crippen LogP contribution in [-0.4, -0.2) is 57.2 Å². The van der Waals surface area contributed by atoms with Crippen molar-refractivity contribution < 1.29 is 27.9 Å². The van der Waals surface area contributed by atoms with E-state index in [1.54, 1.807) is 36.7 Å². The van der Waals surface area contributed by atoms with Gasteiger partial charge in [-0.3, -0.25) is 4.79 Å². The van der Waals surface area contributed by atoms with Crippen molar-refractivity contribution in [2.45, 2.75) is 18.6 Å². The average Bonchev–Trinajstić information content (AvgIpc) is 3.12. The number of halogens is 4. The number of anilines is 2. The van der Waals surface area contributed by atoms with Crippen molar-refractivity contribution in [2.75, 3.05) is 24.1 Å². The quantitative estimate of drug-likeness (QED) is 0.639. The molecular weight excluding hydrogens is 415 g/mol. The molecule has 0 bridgehead atoms. The van der Waals surface area contributed by atoms with Crippen LogP contribution in [0.5, 0.6) is 0 Å². The molecule has 29 heavy (non-hydrogen) atoms. The molecule has 1 aliphatic heterocycles. The van der Waals surface area contributed by atoms with Gasteiger partial charge in [-0.15, -0.1) is 0 Å². The van der Waals surface area contributed by atoms with Crippen molar-refractivity contribution in [1.82, 2.24) is 14.9 Å². The summed E-state index contributed by atoms with van der Waals surface area (Å²) in [6.07, 6.45) is -1.14. The normalized spacial score (nSPS) is 16.0. The van der Waals surface area contributed by atoms with Crippen molar-refractivity contribution in [1.29, 1.82) is 0 Å². The van der Waals surface area contributed by atoms with E-state index in [4.69, 9.17) is 27.2 Å². The zero-order valence-electron chi connectivity index (χ0n) is 14.9. The fourth-order valence-electron chi connectivity index (χ4n) is 2.44. The molecule has 8 nitrogen and oxygen atoms in total. The zero-order valence-corrected chi connectivity index (χ0v) is 15.6. The van der Waals surface area contributed by atoms with Gasteiger partial charge in [-0.05, 0) is 30.7 Å². The monoisotopic (exact) mass is 431 g/mol. The highest BCUT2D eigenvalue weighted by Crippen LogP contribution is 2.17. The lowest BCUT2D eigenvalue weighted by molar-refractivity contribution is -0.192. The lowest BCUT2D eigenvalue weighted by atomic mass is 10.2. The predicted molar refractivity (Wildman–Crippen MR) is 99.5 cm³/mol. The van der Waals surface area contributed by atoms with Gasteiger partial charge >= 0.3 is 12.1 Å². The summed E-state index contributed by atoms with van der Waals surface area (Å²) in [5, 5.41) is 10.8. The average molecular weight is 432 g/mol. The number of nitrogens with one attached hydrogen (secondary N) is 1. The Morgan fingerprint density at radius 2 is 1.76 bits per heavy atom. The number of nitrogens with two attached hydrogens (primary N) is 1. The number of hydrogen-bond donors (Lipinski definition) is 3. The van der Waals surface area contributed by atoms with Crippen LogP contribution in [0.15, 0.2) is 36.7 Å². The summed E-state index contributed by atoms with van der Waals surface area (Å²) >= 11 is 5.76. The molecule has 4 N–H and O–H groups in total. The number of hydrogen-bond acceptors (Lipinski definition) is 6. The maximum Gasteiger partial charge on any atom is 0.490 e. The van der Waals surface area contributed by atoms with Crippen LogP contribution in [0.4, 0.5) is 24.8 Å². The Bertz CT molecular complexity index is 847. The van der Waals surface area contributed by atoms with E-state index in [2.05, 4.69) is 15.3 Å². The summed E-state index contributed by atoms with van der Waals surface area (Å²) in [4.78, 5) is 31.3. The summed E-state index contributed by atoms with van der Waals surface area (Å²) in [6, 6.07) is 7.11. The zero-order chi connectivity index (χ0) is 21.6. The number of alkyl halides is 3. The molecule has 0 radical (unpaired) electrons. The first kappa shape index (κ1) is 22.2. The van der Waals surface area contributed by atoms with Gasteiger partial charge in [0.05, 0.1) is 17.4 Å². The maximum absolute atomic E-state index is 12.4. The number of carbonyl (C=O) groups excluding carboxylic acids is 1. The van der Waals surface area contributed by atoms with E-state index in [1.165, 1.54) is 0 Å². The molecule has 2 aromatic rings. The summed E-state index contributed by atoms with van der Waals surface area (Å²) in [6.45, 7) is 1.32. The first-order valence-electron chi connectivity index (χ1n) is 8.25. The van der Waals surface area contributed by atoms with E-state index in [0.29, 0.717) is 35.3 Å². The minimum Gasteiger partial charge on any atom is -0.475 e. The molecule has 1 aromatic heterocycles. The van der Waals surface area contributed by atoms with Crippen molar-refractivity contribution in [3.63, 3.8) is 0 Å². The first-order chi connectivity index (χ1) is 13.6. The predicted octanol–water partition coefficient (Wildman–Crippen LogP) is 2.67. The fourth-order valence-corrected chi connectivity index (χ4v) is 2.54. The van der Waals surface area contributed by atoms with E-state index in [0.717, 1.165) is 6.42 Å². The highest BCUT2D eigenvalue weighted by atomic mass is 35.5. The van der Waals surface area contributed by atoms with Crippen LogP contribution in [0.3, 0.4) is 0 Å². The second-order valence-electron chi connectivity index (χ2n) is 6.03. The molecule has 1 fully saturated rings. The second-order valence-corrected chi connectivity index (χ2v) is 6.47. The Balaban J connectivity index is 0.000000370. The number of nitrogens with zero attached hydrogens (tertiary/aromatic N) is 3. The molecule has 0 saturated carbocycles. The van der Waals surface area contributed by atoms with Crippen LogP contribution < -0.4 is 11.1 Å². The molecule has 1 saturated heterocycles. The Labute approximate surface area is 168 Å². The Morgan fingerprint density at radius 1 is 1.21 bits per heavy atom. The minimum atomic E-state index is -5.08. The van der Waals surface area contributed by atoms with Crippen molar-refractivity contribution in [2.24, 2.45) is 0 Å². The molecule has 1 amide bonds. The number of carboxylic acids is 1. The molecule has 1 atom stereocenters. The second kappa shape index (κ2) is 9.41. The number of benzene rings is 1. The third-order valence-corrected chi connectivity index (χ3v) is 4.02. The number of aliphatic carboxylic acids is 1. The Kier molecular flexibility index (Phi) is 7.21. The van der Waals surface area contributed by atoms with Gasteiger partial charge in [-0.25, -0.2) is 14.8 Å². The highest BCUT2D eigenvalue weighted by molar-refractivity contribution is 6.30. The molecule has 1 aromatic carbocycles. The molecule has 1 aliphatic rings. The summed E-state index contributed by atoms with van der Waals surface area (Å²) < 4.78 is 31.7. The van der Waals surface area contributed by atoms with E-state index in [9.17, 15) is 18.0 Å². The van der Waals surface area contributed by atoms with Gasteiger partial charge in [-0.2, -0.15) is 13.2 Å². The minimum absolute atomic E-state index is 0.0151. The SMILES string of the molecule is Nc1ccc(C(=O)N2CC[C@@H](Nc3ncc(Cl)cn3)C2)cc1.O=C(O)C(F)(F)F. The number of carboxylic acid groups (broad SMARTS) is 1. The van der Waals surface area contributed by atoms with Crippen LogP contribution in [0, 0.1) is 0 Å². The molecule has 3 rings (SSSR count). The summed E-state index contributed by atoms with van der Waals surface area (Å²) in [5.41, 5.74) is 6.94. The molecular formula is C17H17ClF3N5O3. The van der Waals surface area contributed by atoms with Gasteiger partial charge in [0.1, 0.15) is 0 Å². The molecule has 0 unspecified atom stereocenters. The maximum atomic E-state index is 12.4. The molecule has 2 heterocycles. The van der Waals surface area contributed by atoms with Crippen LogP contribution in [-0.2, 0) is 4.79 Å². The topological polar surface area (TPSA) is 121 Å². The lowest BCUT2D eigenvalue weighted by Crippen LogP contribution is -2.31. The largest absolute Gasteiger partial charge is 0.490 e. The van der Waals surface area contributed by atoms with E-state index < -0.39 is 12.1 Å². The molecule has 0 aliphatic carbocycles. The first-order valence-corrected chi connectivity index (χ1v) is 8.63. The fraction of sp³-hybridized carbons (Fsp3) is 0.294. The molecule has 12 heteroatoms. The van der Waals surface area contributed by atoms with Gasteiger partial charge in [0.25, 0.3) is 5.91 Å².